The minimum Gasteiger partial charge on any atom is -0.389 e. The van der Waals surface area contributed by atoms with Crippen molar-refractivity contribution in [1.29, 1.82) is 0 Å². The molecule has 0 fully saturated rings. The zero-order chi connectivity index (χ0) is 11.0. The Hall–Kier alpha value is -1.35. The van der Waals surface area contributed by atoms with Gasteiger partial charge in [-0.1, -0.05) is 12.1 Å². The third-order valence-corrected chi connectivity index (χ3v) is 3.34. The highest BCUT2D eigenvalue weighted by molar-refractivity contribution is 7.16. The van der Waals surface area contributed by atoms with E-state index in [-0.39, 0.29) is 0 Å². The molecule has 0 spiro atoms. The number of hydrogen-bond donors (Lipinski definition) is 1. The molecule has 0 radical (unpaired) electrons. The van der Waals surface area contributed by atoms with Crippen molar-refractivity contribution < 1.29 is 0 Å². The van der Waals surface area contributed by atoms with Gasteiger partial charge in [-0.15, -0.1) is 11.3 Å². The summed E-state index contributed by atoms with van der Waals surface area (Å²) < 4.78 is 0. The number of hydrogen-bond acceptors (Lipinski definition) is 3. The smallest absolute Gasteiger partial charge is 0.114 e. The van der Waals surface area contributed by atoms with Gasteiger partial charge in [-0.3, -0.25) is 0 Å². The second-order valence-corrected chi connectivity index (χ2v) is 4.98. The van der Waals surface area contributed by atoms with Crippen molar-refractivity contribution in [3.8, 4) is 11.3 Å². The largest absolute Gasteiger partial charge is 0.389 e. The minimum absolute atomic E-state index is 0.802. The van der Waals surface area contributed by atoms with Crippen LogP contribution in [0.15, 0.2) is 18.2 Å². The van der Waals surface area contributed by atoms with Crippen LogP contribution in [-0.2, 0) is 0 Å². The summed E-state index contributed by atoms with van der Waals surface area (Å²) in [6.45, 7) is 6.19. The van der Waals surface area contributed by atoms with Crippen molar-refractivity contribution >= 4 is 16.3 Å². The van der Waals surface area contributed by atoms with Crippen molar-refractivity contribution in [1.82, 2.24) is 4.98 Å². The summed E-state index contributed by atoms with van der Waals surface area (Å²) in [4.78, 5) is 4.44. The van der Waals surface area contributed by atoms with Gasteiger partial charge in [0, 0.05) is 5.56 Å². The molecule has 0 amide bonds. The maximum Gasteiger partial charge on any atom is 0.114 e. The molecule has 0 saturated heterocycles. The van der Waals surface area contributed by atoms with Crippen molar-refractivity contribution in [2.45, 2.75) is 20.8 Å². The number of thiazole rings is 1. The first-order chi connectivity index (χ1) is 7.08. The minimum atomic E-state index is 0.802. The van der Waals surface area contributed by atoms with E-state index in [1.54, 1.807) is 11.3 Å². The summed E-state index contributed by atoms with van der Waals surface area (Å²) in [5.41, 5.74) is 10.5. The van der Waals surface area contributed by atoms with Crippen LogP contribution in [0.2, 0.25) is 0 Å². The maximum absolute atomic E-state index is 5.92. The van der Waals surface area contributed by atoms with Crippen LogP contribution >= 0.6 is 11.3 Å². The lowest BCUT2D eigenvalue weighted by molar-refractivity contribution is 1.28. The number of nitrogen functional groups attached to an aromatic ring is 1. The van der Waals surface area contributed by atoms with Gasteiger partial charge >= 0.3 is 0 Å². The van der Waals surface area contributed by atoms with Crippen LogP contribution in [-0.4, -0.2) is 4.98 Å². The van der Waals surface area contributed by atoms with E-state index in [1.165, 1.54) is 11.1 Å². The van der Waals surface area contributed by atoms with E-state index in [1.807, 2.05) is 6.92 Å². The number of rotatable bonds is 1. The molecule has 0 atom stereocenters. The van der Waals surface area contributed by atoms with E-state index >= 15 is 0 Å². The van der Waals surface area contributed by atoms with Gasteiger partial charge in [0.2, 0.25) is 0 Å². The molecule has 1 aromatic carbocycles. The Balaban J connectivity index is 2.54. The molecule has 78 valence electrons. The van der Waals surface area contributed by atoms with Crippen molar-refractivity contribution in [2.24, 2.45) is 0 Å². The van der Waals surface area contributed by atoms with Crippen LogP contribution in [0.3, 0.4) is 0 Å². The molecule has 0 aliphatic carbocycles. The summed E-state index contributed by atoms with van der Waals surface area (Å²) in [5, 5.41) is 1.82. The van der Waals surface area contributed by atoms with E-state index in [2.05, 4.69) is 37.0 Å². The fourth-order valence-corrected chi connectivity index (χ4v) is 2.25. The van der Waals surface area contributed by atoms with E-state index in [0.717, 1.165) is 21.3 Å². The van der Waals surface area contributed by atoms with Gasteiger partial charge < -0.3 is 5.73 Å². The molecule has 2 aromatic rings. The highest BCUT2D eigenvalue weighted by Crippen LogP contribution is 2.30. The quantitative estimate of drug-likeness (QED) is 0.797. The Morgan fingerprint density at radius 2 is 1.87 bits per heavy atom. The number of nitrogens with zero attached hydrogens (tertiary/aromatic N) is 1. The van der Waals surface area contributed by atoms with Gasteiger partial charge in [0.25, 0.3) is 0 Å². The monoisotopic (exact) mass is 218 g/mol. The third-order valence-electron chi connectivity index (χ3n) is 2.54. The lowest BCUT2D eigenvalue weighted by Crippen LogP contribution is -1.88. The van der Waals surface area contributed by atoms with E-state index in [9.17, 15) is 0 Å². The van der Waals surface area contributed by atoms with Gasteiger partial charge in [0.1, 0.15) is 10.7 Å². The Morgan fingerprint density at radius 1 is 1.13 bits per heavy atom. The molecule has 1 heterocycles. The van der Waals surface area contributed by atoms with E-state index in [0.29, 0.717) is 0 Å². The predicted molar refractivity (Wildman–Crippen MR) is 66.2 cm³/mol. The summed E-state index contributed by atoms with van der Waals surface area (Å²) in [6, 6.07) is 6.33. The summed E-state index contributed by atoms with van der Waals surface area (Å²) in [5.74, 6) is 0. The average molecular weight is 218 g/mol. The lowest BCUT2D eigenvalue weighted by Gasteiger charge is -2.03. The van der Waals surface area contributed by atoms with Gasteiger partial charge in [0.15, 0.2) is 0 Å². The van der Waals surface area contributed by atoms with Crippen molar-refractivity contribution in [2.75, 3.05) is 5.73 Å². The third kappa shape index (κ3) is 1.88. The van der Waals surface area contributed by atoms with Crippen molar-refractivity contribution in [3.05, 3.63) is 34.3 Å². The second-order valence-electron chi connectivity index (χ2n) is 3.74. The first kappa shape index (κ1) is 10.2. The lowest BCUT2D eigenvalue weighted by atomic mass is 10.0. The number of anilines is 1. The zero-order valence-electron chi connectivity index (χ0n) is 9.16. The SMILES string of the molecule is Cc1nc(-c2ccc(C)c(C)c2)c(N)s1. The second kappa shape index (κ2) is 3.66. The molecule has 2 nitrogen and oxygen atoms in total. The molecule has 2 N–H and O–H groups in total. The fourth-order valence-electron chi connectivity index (χ4n) is 1.54. The molecule has 0 aliphatic rings. The topological polar surface area (TPSA) is 38.9 Å². The first-order valence-corrected chi connectivity index (χ1v) is 5.70. The summed E-state index contributed by atoms with van der Waals surface area (Å²) in [6.07, 6.45) is 0. The van der Waals surface area contributed by atoms with Crippen molar-refractivity contribution in [3.63, 3.8) is 0 Å². The van der Waals surface area contributed by atoms with Crippen LogP contribution in [0.5, 0.6) is 0 Å². The van der Waals surface area contributed by atoms with Crippen LogP contribution in [0.4, 0.5) is 5.00 Å². The molecular weight excluding hydrogens is 204 g/mol. The normalized spacial score (nSPS) is 10.6. The molecule has 1 aromatic heterocycles. The summed E-state index contributed by atoms with van der Waals surface area (Å²) >= 11 is 1.54. The average Bonchev–Trinajstić information content (AvgIpc) is 2.50. The molecule has 2 rings (SSSR count). The fraction of sp³-hybridized carbons (Fsp3) is 0.250. The summed E-state index contributed by atoms with van der Waals surface area (Å²) in [7, 11) is 0. The Labute approximate surface area is 93.8 Å². The Bertz CT molecular complexity index is 500. The van der Waals surface area contributed by atoms with E-state index in [4.69, 9.17) is 5.73 Å². The molecule has 0 aliphatic heterocycles. The first-order valence-electron chi connectivity index (χ1n) is 4.88. The van der Waals surface area contributed by atoms with Crippen LogP contribution in [0.25, 0.3) is 11.3 Å². The maximum atomic E-state index is 5.92. The molecule has 3 heteroatoms. The van der Waals surface area contributed by atoms with Gasteiger partial charge in [-0.2, -0.15) is 0 Å². The zero-order valence-corrected chi connectivity index (χ0v) is 9.98. The van der Waals surface area contributed by atoms with Gasteiger partial charge in [-0.05, 0) is 38.0 Å². The van der Waals surface area contributed by atoms with Gasteiger partial charge in [-0.25, -0.2) is 4.98 Å². The molecule has 0 bridgehead atoms. The molecular formula is C12H14N2S. The predicted octanol–water partition coefficient (Wildman–Crippen LogP) is 3.32. The number of nitrogens with two attached hydrogens (primary N) is 1. The molecule has 15 heavy (non-hydrogen) atoms. The van der Waals surface area contributed by atoms with Gasteiger partial charge in [0.05, 0.1) is 5.01 Å². The van der Waals surface area contributed by atoms with E-state index < -0.39 is 0 Å². The van der Waals surface area contributed by atoms with Crippen LogP contribution < -0.4 is 5.73 Å². The highest BCUT2D eigenvalue weighted by Gasteiger charge is 2.08. The Kier molecular flexibility index (Phi) is 2.49. The number of benzene rings is 1. The molecule has 0 unspecified atom stereocenters. The van der Waals surface area contributed by atoms with Crippen LogP contribution in [0, 0.1) is 20.8 Å². The Morgan fingerprint density at radius 3 is 2.40 bits per heavy atom. The highest BCUT2D eigenvalue weighted by atomic mass is 32.1. The number of aromatic nitrogens is 1. The standard InChI is InChI=1S/C12H14N2S/c1-7-4-5-10(6-8(7)2)11-12(13)15-9(3)14-11/h4-6H,13H2,1-3H3. The molecule has 0 saturated carbocycles. The number of aryl methyl sites for hydroxylation is 3. The van der Waals surface area contributed by atoms with Crippen LogP contribution in [0.1, 0.15) is 16.1 Å².